The number of carbonyl (C=O) groups excluding carboxylic acids is 3. The normalized spacial score (nSPS) is 21.5. The van der Waals surface area contributed by atoms with Crippen LogP contribution in [0.3, 0.4) is 0 Å². The second-order valence-corrected chi connectivity index (χ2v) is 3.93. The van der Waals surface area contributed by atoms with Crippen LogP contribution in [0.5, 0.6) is 0 Å². The SMILES string of the molecule is O=C1CCC([N-]C(=O)C2=[C-]CCC=C2)C(=O)N1.[CH3-].[Y+3]. The summed E-state index contributed by atoms with van der Waals surface area (Å²) in [6, 6.07) is -0.746. The van der Waals surface area contributed by atoms with Crippen LogP contribution in [0.2, 0.25) is 0 Å². The van der Waals surface area contributed by atoms with Crippen molar-refractivity contribution < 1.29 is 47.1 Å². The molecule has 1 heterocycles. The third kappa shape index (κ3) is 4.99. The van der Waals surface area contributed by atoms with E-state index in [1.54, 1.807) is 6.08 Å². The number of nitrogens with zero attached hydrogens (tertiary/aromatic N) is 1. The van der Waals surface area contributed by atoms with Crippen molar-refractivity contribution in [3.05, 3.63) is 36.5 Å². The first-order valence-corrected chi connectivity index (χ1v) is 5.53. The Hall–Kier alpha value is -0.806. The van der Waals surface area contributed by atoms with Gasteiger partial charge in [0.1, 0.15) is 0 Å². The van der Waals surface area contributed by atoms with Crippen molar-refractivity contribution in [3.63, 3.8) is 0 Å². The van der Waals surface area contributed by atoms with Gasteiger partial charge in [0.15, 0.2) is 0 Å². The van der Waals surface area contributed by atoms with Gasteiger partial charge in [-0.3, -0.25) is 14.9 Å². The van der Waals surface area contributed by atoms with Crippen molar-refractivity contribution in [2.75, 3.05) is 0 Å². The molecule has 19 heavy (non-hydrogen) atoms. The molecule has 0 aromatic carbocycles. The molecule has 1 aliphatic carbocycles. The minimum absolute atomic E-state index is 0. The zero-order chi connectivity index (χ0) is 12.3. The summed E-state index contributed by atoms with van der Waals surface area (Å²) in [5.74, 6) is -1.23. The number of hydrogen-bond acceptors (Lipinski definition) is 3. The van der Waals surface area contributed by atoms with Crippen molar-refractivity contribution in [2.45, 2.75) is 31.7 Å². The fraction of sp³-hybridized carbons (Fsp3) is 0.385. The smallest absolute Gasteiger partial charge is 0.699 e. The van der Waals surface area contributed by atoms with Gasteiger partial charge in [-0.1, -0.05) is 12.8 Å². The quantitative estimate of drug-likeness (QED) is 0.608. The van der Waals surface area contributed by atoms with Crippen LogP contribution in [-0.4, -0.2) is 23.8 Å². The van der Waals surface area contributed by atoms with Crippen LogP contribution in [0.15, 0.2) is 17.7 Å². The van der Waals surface area contributed by atoms with Crippen LogP contribution in [0.25, 0.3) is 5.32 Å². The molecule has 3 amide bonds. The van der Waals surface area contributed by atoms with Crippen molar-refractivity contribution in [1.29, 1.82) is 0 Å². The van der Waals surface area contributed by atoms with Gasteiger partial charge in [-0.05, 0) is 18.4 Å². The first-order chi connectivity index (χ1) is 8.16. The minimum atomic E-state index is -0.746. The zero-order valence-corrected chi connectivity index (χ0v) is 13.6. The summed E-state index contributed by atoms with van der Waals surface area (Å²) in [4.78, 5) is 34.0. The topological polar surface area (TPSA) is 77.3 Å². The molecule has 1 saturated heterocycles. The Morgan fingerprint density at radius 2 is 2.16 bits per heavy atom. The molecule has 6 heteroatoms. The Morgan fingerprint density at radius 1 is 1.42 bits per heavy atom. The summed E-state index contributed by atoms with van der Waals surface area (Å²) in [5.41, 5.74) is 0.404. The summed E-state index contributed by atoms with van der Waals surface area (Å²) in [6.45, 7) is 0. The maximum atomic E-state index is 11.7. The average Bonchev–Trinajstić information content (AvgIpc) is 2.34. The van der Waals surface area contributed by atoms with E-state index in [0.717, 1.165) is 6.42 Å². The molecule has 0 aromatic rings. The predicted molar refractivity (Wildman–Crippen MR) is 66.1 cm³/mol. The number of imide groups is 1. The van der Waals surface area contributed by atoms with Crippen molar-refractivity contribution in [2.24, 2.45) is 0 Å². The van der Waals surface area contributed by atoms with E-state index >= 15 is 0 Å². The fourth-order valence-electron chi connectivity index (χ4n) is 1.71. The molecule has 0 aromatic heterocycles. The maximum Gasteiger partial charge on any atom is 3.00 e. The van der Waals surface area contributed by atoms with E-state index in [-0.39, 0.29) is 52.5 Å². The molecular formula is C13H15N2O3Y. The average molecular weight is 336 g/mol. The van der Waals surface area contributed by atoms with E-state index in [0.29, 0.717) is 18.4 Å². The molecule has 0 radical (unpaired) electrons. The van der Waals surface area contributed by atoms with Crippen molar-refractivity contribution >= 4 is 17.7 Å². The zero-order valence-electron chi connectivity index (χ0n) is 10.8. The van der Waals surface area contributed by atoms with E-state index in [2.05, 4.69) is 16.7 Å². The molecule has 1 aliphatic heterocycles. The van der Waals surface area contributed by atoms with E-state index in [1.807, 2.05) is 6.08 Å². The van der Waals surface area contributed by atoms with E-state index < -0.39 is 17.9 Å². The summed E-state index contributed by atoms with van der Waals surface area (Å²) >= 11 is 0. The molecule has 2 rings (SSSR count). The molecule has 1 N–H and O–H groups in total. The van der Waals surface area contributed by atoms with Crippen molar-refractivity contribution in [1.82, 2.24) is 5.32 Å². The third-order valence-corrected chi connectivity index (χ3v) is 2.62. The summed E-state index contributed by atoms with van der Waals surface area (Å²) in [5, 5.41) is 5.99. The number of amides is 3. The summed E-state index contributed by atoms with van der Waals surface area (Å²) in [6.07, 6.45) is 8.56. The number of nitrogens with one attached hydrogen (secondary N) is 1. The molecular weight excluding hydrogens is 321 g/mol. The van der Waals surface area contributed by atoms with Gasteiger partial charge in [0.05, 0.1) is 0 Å². The summed E-state index contributed by atoms with van der Waals surface area (Å²) < 4.78 is 0. The predicted octanol–water partition coefficient (Wildman–Crippen LogP) is 1.22. The van der Waals surface area contributed by atoms with Gasteiger partial charge in [-0.2, -0.15) is 17.7 Å². The molecule has 98 valence electrons. The van der Waals surface area contributed by atoms with Crippen molar-refractivity contribution in [3.8, 4) is 0 Å². The van der Waals surface area contributed by atoms with Crippen LogP contribution in [0.1, 0.15) is 25.7 Å². The van der Waals surface area contributed by atoms with Gasteiger partial charge in [0, 0.05) is 6.42 Å². The second kappa shape index (κ2) is 8.38. The summed E-state index contributed by atoms with van der Waals surface area (Å²) in [7, 11) is 0. The molecule has 0 bridgehead atoms. The maximum absolute atomic E-state index is 11.7. The van der Waals surface area contributed by atoms with E-state index in [1.165, 1.54) is 0 Å². The van der Waals surface area contributed by atoms with Gasteiger partial charge < -0.3 is 17.5 Å². The number of rotatable bonds is 2. The standard InChI is InChI=1S/C12H13N2O3.CH3.Y/c15-10-7-6-9(12(17)14-10)13-11(16)8-4-2-1-3-5-8;;/h2,4,9H,1,3,6-7H2,(H2,13,14,15,16,17);1H3;/q2*-1;+3/p-1. The van der Waals surface area contributed by atoms with Gasteiger partial charge >= 0.3 is 32.7 Å². The first-order valence-electron chi connectivity index (χ1n) is 5.53. The molecule has 2 aliphatic rings. The molecule has 1 unspecified atom stereocenters. The van der Waals surface area contributed by atoms with Crippen LogP contribution in [-0.2, 0) is 47.1 Å². The fourth-order valence-corrected chi connectivity index (χ4v) is 1.71. The van der Waals surface area contributed by atoms with Crippen LogP contribution >= 0.6 is 0 Å². The van der Waals surface area contributed by atoms with E-state index in [4.69, 9.17) is 0 Å². The molecule has 0 saturated carbocycles. The number of piperidine rings is 1. The number of allylic oxidation sites excluding steroid dienone is 2. The molecule has 0 spiro atoms. The van der Waals surface area contributed by atoms with Gasteiger partial charge in [-0.25, -0.2) is 0 Å². The number of hydrogen-bond donors (Lipinski definition) is 1. The largest absolute Gasteiger partial charge is 3.00 e. The first kappa shape index (κ1) is 18.2. The Labute approximate surface area is 138 Å². The Morgan fingerprint density at radius 3 is 2.74 bits per heavy atom. The Balaban J connectivity index is 0.00000162. The monoisotopic (exact) mass is 336 g/mol. The van der Waals surface area contributed by atoms with E-state index in [9.17, 15) is 14.4 Å². The Kier molecular flexibility index (Phi) is 8.03. The molecule has 1 fully saturated rings. The van der Waals surface area contributed by atoms with Gasteiger partial charge in [0.2, 0.25) is 11.8 Å². The Bertz CT molecular complexity index is 430. The third-order valence-electron chi connectivity index (χ3n) is 2.62. The number of carbonyl (C=O) groups is 3. The second-order valence-electron chi connectivity index (χ2n) is 3.93. The van der Waals surface area contributed by atoms with Crippen LogP contribution in [0.4, 0.5) is 0 Å². The van der Waals surface area contributed by atoms with Crippen LogP contribution < -0.4 is 5.32 Å². The van der Waals surface area contributed by atoms with Crippen LogP contribution in [0, 0.1) is 13.5 Å². The van der Waals surface area contributed by atoms with Gasteiger partial charge in [0.25, 0.3) is 0 Å². The van der Waals surface area contributed by atoms with Gasteiger partial charge in [-0.15, -0.1) is 6.08 Å². The molecule has 1 atom stereocenters. The minimum Gasteiger partial charge on any atom is -0.699 e. The molecule has 5 nitrogen and oxygen atoms in total.